The number of rotatable bonds is 5. The van der Waals surface area contributed by atoms with E-state index in [2.05, 4.69) is 23.8 Å². The molecule has 1 unspecified atom stereocenters. The second kappa shape index (κ2) is 5.46. The lowest BCUT2D eigenvalue weighted by Crippen LogP contribution is -2.18. The standard InChI is InChI=1S/C12H23N3O/c1-9(2)12-11(10(3)16)8-15(13-12)7-6-14(4)5/h8-10,16H,6-7H2,1-5H3. The van der Waals surface area contributed by atoms with Crippen LogP contribution in [0.25, 0.3) is 0 Å². The third-order valence-corrected chi connectivity index (χ3v) is 2.59. The molecular weight excluding hydrogens is 202 g/mol. The van der Waals surface area contributed by atoms with Crippen molar-refractivity contribution >= 4 is 0 Å². The molecule has 1 N–H and O–H groups in total. The van der Waals surface area contributed by atoms with Gasteiger partial charge in [-0.15, -0.1) is 0 Å². The fourth-order valence-corrected chi connectivity index (χ4v) is 1.64. The zero-order valence-corrected chi connectivity index (χ0v) is 10.9. The second-order valence-electron chi connectivity index (χ2n) is 4.87. The molecular formula is C12H23N3O. The summed E-state index contributed by atoms with van der Waals surface area (Å²) >= 11 is 0. The van der Waals surface area contributed by atoms with Crippen molar-refractivity contribution in [3.63, 3.8) is 0 Å². The summed E-state index contributed by atoms with van der Waals surface area (Å²) in [7, 11) is 4.09. The zero-order chi connectivity index (χ0) is 12.3. The number of nitrogens with zero attached hydrogens (tertiary/aromatic N) is 3. The van der Waals surface area contributed by atoms with Crippen LogP contribution in [0.5, 0.6) is 0 Å². The summed E-state index contributed by atoms with van der Waals surface area (Å²) < 4.78 is 1.93. The van der Waals surface area contributed by atoms with E-state index in [1.807, 2.05) is 25.0 Å². The Labute approximate surface area is 97.9 Å². The first-order valence-corrected chi connectivity index (χ1v) is 5.81. The summed E-state index contributed by atoms with van der Waals surface area (Å²) in [6.45, 7) is 7.81. The van der Waals surface area contributed by atoms with Crippen molar-refractivity contribution in [2.24, 2.45) is 0 Å². The van der Waals surface area contributed by atoms with E-state index >= 15 is 0 Å². The summed E-state index contributed by atoms with van der Waals surface area (Å²) in [4.78, 5) is 2.12. The molecule has 0 saturated carbocycles. The first-order chi connectivity index (χ1) is 7.41. The van der Waals surface area contributed by atoms with Gasteiger partial charge in [0.1, 0.15) is 0 Å². The van der Waals surface area contributed by atoms with Crippen molar-refractivity contribution in [1.82, 2.24) is 14.7 Å². The predicted octanol–water partition coefficient (Wildman–Crippen LogP) is 1.62. The highest BCUT2D eigenvalue weighted by atomic mass is 16.3. The van der Waals surface area contributed by atoms with Crippen LogP contribution >= 0.6 is 0 Å². The van der Waals surface area contributed by atoms with Crippen LogP contribution in [0.2, 0.25) is 0 Å². The van der Waals surface area contributed by atoms with Crippen LogP contribution in [-0.4, -0.2) is 40.4 Å². The molecule has 0 aliphatic carbocycles. The number of aromatic nitrogens is 2. The van der Waals surface area contributed by atoms with E-state index in [9.17, 15) is 5.11 Å². The summed E-state index contributed by atoms with van der Waals surface area (Å²) in [5.74, 6) is 0.352. The molecule has 1 atom stereocenters. The van der Waals surface area contributed by atoms with Gasteiger partial charge >= 0.3 is 0 Å². The van der Waals surface area contributed by atoms with Gasteiger partial charge in [-0.3, -0.25) is 4.68 Å². The molecule has 0 fully saturated rings. The normalized spacial score (nSPS) is 13.8. The highest BCUT2D eigenvalue weighted by Crippen LogP contribution is 2.23. The van der Waals surface area contributed by atoms with Gasteiger partial charge in [0.2, 0.25) is 0 Å². The summed E-state index contributed by atoms with van der Waals surface area (Å²) in [5.41, 5.74) is 1.96. The third kappa shape index (κ3) is 3.32. The van der Waals surface area contributed by atoms with E-state index in [4.69, 9.17) is 0 Å². The van der Waals surface area contributed by atoms with E-state index in [1.165, 1.54) is 0 Å². The SMILES string of the molecule is CC(C)c1nn(CCN(C)C)cc1C(C)O. The second-order valence-corrected chi connectivity index (χ2v) is 4.87. The fraction of sp³-hybridized carbons (Fsp3) is 0.750. The van der Waals surface area contributed by atoms with Crippen LogP contribution in [0.15, 0.2) is 6.20 Å². The summed E-state index contributed by atoms with van der Waals surface area (Å²) in [6.07, 6.45) is 1.52. The van der Waals surface area contributed by atoms with Gasteiger partial charge in [-0.05, 0) is 26.9 Å². The Hall–Kier alpha value is -0.870. The minimum Gasteiger partial charge on any atom is -0.389 e. The Morgan fingerprint density at radius 1 is 1.38 bits per heavy atom. The molecule has 0 amide bonds. The average molecular weight is 225 g/mol. The molecule has 0 aliphatic heterocycles. The lowest BCUT2D eigenvalue weighted by Gasteiger charge is -2.08. The minimum atomic E-state index is -0.439. The monoisotopic (exact) mass is 225 g/mol. The molecule has 0 radical (unpaired) electrons. The van der Waals surface area contributed by atoms with Crippen molar-refractivity contribution in [2.75, 3.05) is 20.6 Å². The van der Waals surface area contributed by atoms with Gasteiger partial charge in [-0.1, -0.05) is 13.8 Å². The Balaban J connectivity index is 2.84. The maximum atomic E-state index is 9.68. The lowest BCUT2D eigenvalue weighted by atomic mass is 10.0. The summed E-state index contributed by atoms with van der Waals surface area (Å²) in [5, 5.41) is 14.2. The smallest absolute Gasteiger partial charge is 0.0795 e. The van der Waals surface area contributed by atoms with Crippen molar-refractivity contribution in [2.45, 2.75) is 39.3 Å². The Morgan fingerprint density at radius 3 is 2.38 bits per heavy atom. The van der Waals surface area contributed by atoms with Gasteiger partial charge in [-0.2, -0.15) is 5.10 Å². The highest BCUT2D eigenvalue weighted by molar-refractivity contribution is 5.22. The molecule has 0 saturated heterocycles. The Bertz CT molecular complexity index is 304. The van der Waals surface area contributed by atoms with Gasteiger partial charge in [0.15, 0.2) is 0 Å². The first-order valence-electron chi connectivity index (χ1n) is 5.81. The topological polar surface area (TPSA) is 41.3 Å². The van der Waals surface area contributed by atoms with Gasteiger partial charge < -0.3 is 10.0 Å². The molecule has 1 aromatic heterocycles. The number of likely N-dealkylation sites (N-methyl/N-ethyl adjacent to an activating group) is 1. The molecule has 0 aromatic carbocycles. The maximum absolute atomic E-state index is 9.68. The first kappa shape index (κ1) is 13.2. The molecule has 0 spiro atoms. The molecule has 0 bridgehead atoms. The minimum absolute atomic E-state index is 0.352. The molecule has 92 valence electrons. The largest absolute Gasteiger partial charge is 0.389 e. The molecule has 1 rings (SSSR count). The number of hydrogen-bond donors (Lipinski definition) is 1. The third-order valence-electron chi connectivity index (χ3n) is 2.59. The zero-order valence-electron chi connectivity index (χ0n) is 10.9. The number of aliphatic hydroxyl groups excluding tert-OH is 1. The van der Waals surface area contributed by atoms with E-state index in [1.54, 1.807) is 6.92 Å². The Kier molecular flexibility index (Phi) is 4.50. The van der Waals surface area contributed by atoms with Crippen molar-refractivity contribution < 1.29 is 5.11 Å². The van der Waals surface area contributed by atoms with Gasteiger partial charge in [0.05, 0.1) is 18.3 Å². The van der Waals surface area contributed by atoms with Gasteiger partial charge in [0.25, 0.3) is 0 Å². The maximum Gasteiger partial charge on any atom is 0.0795 e. The molecule has 0 aliphatic rings. The predicted molar refractivity (Wildman–Crippen MR) is 65.5 cm³/mol. The van der Waals surface area contributed by atoms with E-state index in [0.717, 1.165) is 24.3 Å². The quantitative estimate of drug-likeness (QED) is 0.828. The number of hydrogen-bond acceptors (Lipinski definition) is 3. The van der Waals surface area contributed by atoms with Crippen molar-refractivity contribution in [3.8, 4) is 0 Å². The van der Waals surface area contributed by atoms with Crippen LogP contribution < -0.4 is 0 Å². The van der Waals surface area contributed by atoms with Gasteiger partial charge in [-0.25, -0.2) is 0 Å². The molecule has 1 aromatic rings. The lowest BCUT2D eigenvalue weighted by molar-refractivity contribution is 0.197. The summed E-state index contributed by atoms with van der Waals surface area (Å²) in [6, 6.07) is 0. The van der Waals surface area contributed by atoms with E-state index in [-0.39, 0.29) is 0 Å². The van der Waals surface area contributed by atoms with Crippen LogP contribution in [0.4, 0.5) is 0 Å². The van der Waals surface area contributed by atoms with Crippen LogP contribution in [-0.2, 0) is 6.54 Å². The van der Waals surface area contributed by atoms with Crippen LogP contribution in [0.1, 0.15) is 44.1 Å². The Morgan fingerprint density at radius 2 is 2.00 bits per heavy atom. The molecule has 4 heteroatoms. The van der Waals surface area contributed by atoms with E-state index in [0.29, 0.717) is 5.92 Å². The van der Waals surface area contributed by atoms with Crippen LogP contribution in [0.3, 0.4) is 0 Å². The molecule has 16 heavy (non-hydrogen) atoms. The van der Waals surface area contributed by atoms with Crippen molar-refractivity contribution in [1.29, 1.82) is 0 Å². The van der Waals surface area contributed by atoms with Gasteiger partial charge in [0, 0.05) is 18.3 Å². The average Bonchev–Trinajstić information content (AvgIpc) is 2.58. The van der Waals surface area contributed by atoms with Crippen LogP contribution in [0, 0.1) is 0 Å². The van der Waals surface area contributed by atoms with E-state index < -0.39 is 6.10 Å². The highest BCUT2D eigenvalue weighted by Gasteiger charge is 2.15. The number of aliphatic hydroxyl groups is 1. The molecule has 4 nitrogen and oxygen atoms in total. The van der Waals surface area contributed by atoms with Crippen molar-refractivity contribution in [3.05, 3.63) is 17.5 Å². The fourth-order valence-electron chi connectivity index (χ4n) is 1.64. The molecule has 1 heterocycles.